The molecule has 1 atom stereocenters. The maximum Gasteiger partial charge on any atom is 0.224 e. The average Bonchev–Trinajstić information content (AvgIpc) is 3.47. The molecule has 1 aliphatic heterocycles. The van der Waals surface area contributed by atoms with Gasteiger partial charge in [-0.1, -0.05) is 42.5 Å². The van der Waals surface area contributed by atoms with Crippen molar-refractivity contribution in [1.82, 2.24) is 20.1 Å². The molecule has 6 nitrogen and oxygen atoms in total. The topological polar surface area (TPSA) is 69.0 Å². The van der Waals surface area contributed by atoms with Crippen LogP contribution in [0.15, 0.2) is 79.4 Å². The predicted octanol–water partition coefficient (Wildman–Crippen LogP) is 4.12. The quantitative estimate of drug-likeness (QED) is 0.506. The fraction of sp³-hybridized carbons (Fsp3) is 0.192. The molecular weight excluding hydrogens is 400 g/mol. The number of carbonyl (C=O) groups is 1. The molecule has 0 bridgehead atoms. The van der Waals surface area contributed by atoms with Gasteiger partial charge in [-0.2, -0.15) is 0 Å². The lowest BCUT2D eigenvalue weighted by Crippen LogP contribution is -2.24. The molecule has 0 fully saturated rings. The first kappa shape index (κ1) is 20.0. The number of amides is 1. The second-order valence-corrected chi connectivity index (χ2v) is 8.14. The molecule has 0 aliphatic carbocycles. The second kappa shape index (κ2) is 8.67. The summed E-state index contributed by atoms with van der Waals surface area (Å²) in [4.78, 5) is 12.4. The molecular formula is C26H24N4O2. The fourth-order valence-electron chi connectivity index (χ4n) is 3.99. The van der Waals surface area contributed by atoms with Gasteiger partial charge in [-0.15, -0.1) is 10.2 Å². The minimum absolute atomic E-state index is 0.00105. The third-order valence-electron chi connectivity index (χ3n) is 5.69. The number of aromatic nitrogens is 3. The molecule has 3 aromatic carbocycles. The van der Waals surface area contributed by atoms with Crippen LogP contribution in [0.2, 0.25) is 0 Å². The molecule has 0 radical (unpaired) electrons. The van der Waals surface area contributed by atoms with Gasteiger partial charge in [-0.25, -0.2) is 0 Å². The first-order valence-corrected chi connectivity index (χ1v) is 10.7. The molecule has 160 valence electrons. The zero-order valence-electron chi connectivity index (χ0n) is 17.9. The largest absolute Gasteiger partial charge is 0.490 e. The Bertz CT molecular complexity index is 1220. The molecule has 1 amide bonds. The summed E-state index contributed by atoms with van der Waals surface area (Å²) >= 11 is 0. The summed E-state index contributed by atoms with van der Waals surface area (Å²) in [7, 11) is 0. The van der Waals surface area contributed by atoms with E-state index < -0.39 is 0 Å². The fourth-order valence-corrected chi connectivity index (χ4v) is 3.99. The number of rotatable bonds is 6. The molecule has 0 saturated heterocycles. The third-order valence-corrected chi connectivity index (χ3v) is 5.69. The lowest BCUT2D eigenvalue weighted by molar-refractivity contribution is -0.120. The number of nitrogens with zero attached hydrogens (tertiary/aromatic N) is 3. The zero-order valence-corrected chi connectivity index (χ0v) is 17.9. The number of fused-ring (bicyclic) bond motifs is 1. The van der Waals surface area contributed by atoms with Crippen molar-refractivity contribution in [2.24, 2.45) is 0 Å². The van der Waals surface area contributed by atoms with E-state index in [1.807, 2.05) is 28.8 Å². The van der Waals surface area contributed by atoms with E-state index in [0.29, 0.717) is 13.0 Å². The van der Waals surface area contributed by atoms with Crippen LogP contribution in [0.1, 0.15) is 23.6 Å². The van der Waals surface area contributed by atoms with Crippen LogP contribution < -0.4 is 10.1 Å². The van der Waals surface area contributed by atoms with Crippen molar-refractivity contribution in [3.05, 3.63) is 96.1 Å². The Morgan fingerprint density at radius 2 is 1.66 bits per heavy atom. The highest BCUT2D eigenvalue weighted by Crippen LogP contribution is 2.32. The van der Waals surface area contributed by atoms with E-state index in [4.69, 9.17) is 4.74 Å². The average molecular weight is 425 g/mol. The van der Waals surface area contributed by atoms with Crippen molar-refractivity contribution >= 4 is 5.91 Å². The molecule has 1 aliphatic rings. The van der Waals surface area contributed by atoms with Crippen LogP contribution >= 0.6 is 0 Å². The highest BCUT2D eigenvalue weighted by atomic mass is 16.5. The number of carbonyl (C=O) groups excluding carboxylic acids is 1. The van der Waals surface area contributed by atoms with E-state index in [9.17, 15) is 4.79 Å². The summed E-state index contributed by atoms with van der Waals surface area (Å²) in [5.74, 6) is 0.993. The highest BCUT2D eigenvalue weighted by molar-refractivity contribution is 5.78. The van der Waals surface area contributed by atoms with Crippen LogP contribution in [0.5, 0.6) is 5.75 Å². The van der Waals surface area contributed by atoms with E-state index in [1.54, 1.807) is 12.7 Å². The summed E-state index contributed by atoms with van der Waals surface area (Å²) in [6, 6.07) is 22.5. The Kier molecular flexibility index (Phi) is 5.42. The first-order chi connectivity index (χ1) is 15.6. The second-order valence-electron chi connectivity index (χ2n) is 8.14. The Hall–Kier alpha value is -3.93. The van der Waals surface area contributed by atoms with E-state index in [0.717, 1.165) is 34.5 Å². The number of ether oxygens (including phenoxy) is 1. The van der Waals surface area contributed by atoms with Crippen LogP contribution in [-0.2, 0) is 24.2 Å². The minimum Gasteiger partial charge on any atom is -0.490 e. The van der Waals surface area contributed by atoms with Crippen LogP contribution in [-0.4, -0.2) is 26.8 Å². The zero-order chi connectivity index (χ0) is 21.9. The van der Waals surface area contributed by atoms with Gasteiger partial charge in [0.25, 0.3) is 0 Å². The molecule has 1 N–H and O–H groups in total. The van der Waals surface area contributed by atoms with Crippen molar-refractivity contribution in [2.75, 3.05) is 0 Å². The van der Waals surface area contributed by atoms with Crippen LogP contribution in [0.25, 0.3) is 16.8 Å². The van der Waals surface area contributed by atoms with Crippen molar-refractivity contribution in [2.45, 2.75) is 32.4 Å². The van der Waals surface area contributed by atoms with Gasteiger partial charge in [-0.3, -0.25) is 9.36 Å². The Morgan fingerprint density at radius 1 is 0.969 bits per heavy atom. The van der Waals surface area contributed by atoms with Gasteiger partial charge in [0, 0.05) is 18.7 Å². The van der Waals surface area contributed by atoms with Crippen LogP contribution in [0.4, 0.5) is 0 Å². The summed E-state index contributed by atoms with van der Waals surface area (Å²) < 4.78 is 7.61. The molecule has 32 heavy (non-hydrogen) atoms. The Labute approximate surface area is 186 Å². The monoisotopic (exact) mass is 424 g/mol. The molecule has 0 saturated carbocycles. The number of hydrogen-bond acceptors (Lipinski definition) is 4. The van der Waals surface area contributed by atoms with Crippen molar-refractivity contribution < 1.29 is 9.53 Å². The lowest BCUT2D eigenvalue weighted by atomic mass is 10.00. The Morgan fingerprint density at radius 3 is 2.41 bits per heavy atom. The van der Waals surface area contributed by atoms with Gasteiger partial charge in [-0.05, 0) is 59.0 Å². The lowest BCUT2D eigenvalue weighted by Gasteiger charge is -2.08. The first-order valence-electron chi connectivity index (χ1n) is 10.7. The van der Waals surface area contributed by atoms with Crippen LogP contribution in [0.3, 0.4) is 0 Å². The van der Waals surface area contributed by atoms with Crippen molar-refractivity contribution in [3.8, 4) is 22.6 Å². The molecule has 1 aromatic heterocycles. The molecule has 0 spiro atoms. The van der Waals surface area contributed by atoms with Gasteiger partial charge < -0.3 is 10.1 Å². The van der Waals surface area contributed by atoms with Gasteiger partial charge in [0.2, 0.25) is 5.91 Å². The maximum atomic E-state index is 12.4. The van der Waals surface area contributed by atoms with Gasteiger partial charge in [0.15, 0.2) is 0 Å². The summed E-state index contributed by atoms with van der Waals surface area (Å²) in [5, 5.41) is 10.6. The minimum atomic E-state index is -0.00105. The highest BCUT2D eigenvalue weighted by Gasteiger charge is 2.19. The molecule has 2 heterocycles. The smallest absolute Gasteiger partial charge is 0.224 e. The number of nitrogens with one attached hydrogen (secondary N) is 1. The van der Waals surface area contributed by atoms with Crippen molar-refractivity contribution in [3.63, 3.8) is 0 Å². The standard InChI is InChI=1S/C26H24N4O2/c1-18-12-23-14-22(8-11-25(23)32-18)21-6-2-20(3-7-21)15-27-26(31)13-19-4-9-24(10-5-19)30-16-28-29-17-30/h2-11,14,16-18H,12-13,15H2,1H3,(H,27,31). The van der Waals surface area contributed by atoms with Crippen molar-refractivity contribution in [1.29, 1.82) is 0 Å². The SMILES string of the molecule is CC1Cc2cc(-c3ccc(CNC(=O)Cc4ccc(-n5cnnc5)cc4)cc3)ccc2O1. The van der Waals surface area contributed by atoms with Crippen LogP contribution in [0, 0.1) is 0 Å². The predicted molar refractivity (Wildman–Crippen MR) is 123 cm³/mol. The van der Waals surface area contributed by atoms with E-state index >= 15 is 0 Å². The number of benzene rings is 3. The molecule has 5 rings (SSSR count). The van der Waals surface area contributed by atoms with E-state index in [-0.39, 0.29) is 12.0 Å². The summed E-state index contributed by atoms with van der Waals surface area (Å²) in [5.41, 5.74) is 6.61. The maximum absolute atomic E-state index is 12.4. The summed E-state index contributed by atoms with van der Waals surface area (Å²) in [6.45, 7) is 2.60. The molecule has 6 heteroatoms. The van der Waals surface area contributed by atoms with E-state index in [1.165, 1.54) is 11.1 Å². The van der Waals surface area contributed by atoms with Gasteiger partial charge in [0.05, 0.1) is 6.42 Å². The normalized spacial score (nSPS) is 14.6. The molecule has 1 unspecified atom stereocenters. The van der Waals surface area contributed by atoms with Gasteiger partial charge >= 0.3 is 0 Å². The number of hydrogen-bond donors (Lipinski definition) is 1. The third kappa shape index (κ3) is 4.39. The van der Waals surface area contributed by atoms with Gasteiger partial charge in [0.1, 0.15) is 24.5 Å². The summed E-state index contributed by atoms with van der Waals surface area (Å²) in [6.07, 6.45) is 4.84. The Balaban J connectivity index is 1.16. The molecule has 4 aromatic rings. The van der Waals surface area contributed by atoms with E-state index in [2.05, 4.69) is 64.9 Å².